The van der Waals surface area contributed by atoms with Gasteiger partial charge in [-0.25, -0.2) is 15.0 Å². The Hall–Kier alpha value is -6.91. The van der Waals surface area contributed by atoms with Crippen LogP contribution in [0.3, 0.4) is 0 Å². The maximum atomic E-state index is 6.86. The van der Waals surface area contributed by atoms with Gasteiger partial charge in [-0.15, -0.1) is 0 Å². The molecule has 0 N–H and O–H groups in total. The van der Waals surface area contributed by atoms with E-state index in [1.54, 1.807) is 0 Å². The largest absolute Gasteiger partial charge is 0.455 e. The summed E-state index contributed by atoms with van der Waals surface area (Å²) < 4.78 is 6.86. The SMILES string of the molecule is c1ccc(-c2cc(-c3nc(-c4ccccc4)nc(-c4ccccc4)n3)cc(-c3cc4ccccc4c4c3oc3ccc5ccccc5c34)c2)cc1. The molecule has 0 aliphatic carbocycles. The van der Waals surface area contributed by atoms with Crippen molar-refractivity contribution in [3.63, 3.8) is 0 Å². The van der Waals surface area contributed by atoms with Gasteiger partial charge < -0.3 is 4.42 Å². The Bertz CT molecular complexity index is 2840. The molecule has 0 bridgehead atoms. The lowest BCUT2D eigenvalue weighted by Crippen LogP contribution is -2.00. The predicted octanol–water partition coefficient (Wildman–Crippen LogP) is 12.4. The van der Waals surface area contributed by atoms with Gasteiger partial charge in [0.25, 0.3) is 0 Å². The van der Waals surface area contributed by atoms with Gasteiger partial charge in [-0.2, -0.15) is 0 Å². The number of hydrogen-bond donors (Lipinski definition) is 0. The molecule has 8 aromatic carbocycles. The Morgan fingerprint density at radius 2 is 0.824 bits per heavy atom. The second kappa shape index (κ2) is 11.9. The highest BCUT2D eigenvalue weighted by Gasteiger charge is 2.20. The second-order valence-electron chi connectivity index (χ2n) is 12.8. The van der Waals surface area contributed by atoms with E-state index >= 15 is 0 Å². The molecule has 0 spiro atoms. The molecule has 0 aliphatic heterocycles. The molecule has 2 aromatic heterocycles. The van der Waals surface area contributed by atoms with Crippen molar-refractivity contribution in [1.29, 1.82) is 0 Å². The average Bonchev–Trinajstić information content (AvgIpc) is 3.62. The minimum atomic E-state index is 0.606. The van der Waals surface area contributed by atoms with Gasteiger partial charge in [0.05, 0.1) is 0 Å². The third kappa shape index (κ3) is 5.04. The molecule has 2 heterocycles. The summed E-state index contributed by atoms with van der Waals surface area (Å²) in [6, 6.07) is 61.0. The zero-order valence-electron chi connectivity index (χ0n) is 27.5. The molecule has 51 heavy (non-hydrogen) atoms. The lowest BCUT2D eigenvalue weighted by atomic mass is 9.92. The monoisotopic (exact) mass is 651 g/mol. The first-order valence-electron chi connectivity index (χ1n) is 17.1. The first-order valence-corrected chi connectivity index (χ1v) is 17.1. The van der Waals surface area contributed by atoms with Gasteiger partial charge in [0, 0.05) is 33.0 Å². The van der Waals surface area contributed by atoms with Crippen molar-refractivity contribution in [2.75, 3.05) is 0 Å². The Labute approximate surface area is 294 Å². The van der Waals surface area contributed by atoms with Crippen LogP contribution in [0, 0.1) is 0 Å². The van der Waals surface area contributed by atoms with Crippen molar-refractivity contribution in [3.05, 3.63) is 176 Å². The molecule has 0 unspecified atom stereocenters. The lowest BCUT2D eigenvalue weighted by molar-refractivity contribution is 0.670. The van der Waals surface area contributed by atoms with E-state index in [1.165, 1.54) is 16.2 Å². The highest BCUT2D eigenvalue weighted by molar-refractivity contribution is 6.28. The highest BCUT2D eigenvalue weighted by Crippen LogP contribution is 2.44. The van der Waals surface area contributed by atoms with Gasteiger partial charge in [-0.1, -0.05) is 146 Å². The van der Waals surface area contributed by atoms with Crippen LogP contribution in [0.5, 0.6) is 0 Å². The highest BCUT2D eigenvalue weighted by atomic mass is 16.3. The van der Waals surface area contributed by atoms with Gasteiger partial charge in [0.1, 0.15) is 11.2 Å². The fourth-order valence-electron chi connectivity index (χ4n) is 7.25. The van der Waals surface area contributed by atoms with Crippen molar-refractivity contribution >= 4 is 43.5 Å². The van der Waals surface area contributed by atoms with Gasteiger partial charge in [0.15, 0.2) is 17.5 Å². The fraction of sp³-hybridized carbons (Fsp3) is 0. The Balaban J connectivity index is 1.28. The van der Waals surface area contributed by atoms with Crippen molar-refractivity contribution < 1.29 is 4.42 Å². The van der Waals surface area contributed by atoms with Gasteiger partial charge >= 0.3 is 0 Å². The smallest absolute Gasteiger partial charge is 0.164 e. The minimum Gasteiger partial charge on any atom is -0.455 e. The van der Waals surface area contributed by atoms with Crippen LogP contribution in [-0.2, 0) is 0 Å². The van der Waals surface area contributed by atoms with Gasteiger partial charge in [-0.05, 0) is 68.6 Å². The second-order valence-corrected chi connectivity index (χ2v) is 12.8. The number of hydrogen-bond acceptors (Lipinski definition) is 4. The molecular weight excluding hydrogens is 623 g/mol. The van der Waals surface area contributed by atoms with E-state index in [0.29, 0.717) is 17.5 Å². The van der Waals surface area contributed by atoms with E-state index in [1.807, 2.05) is 66.7 Å². The number of nitrogens with zero attached hydrogens (tertiary/aromatic N) is 3. The summed E-state index contributed by atoms with van der Waals surface area (Å²) in [5.41, 5.74) is 8.71. The first kappa shape index (κ1) is 29.0. The number of benzene rings is 8. The van der Waals surface area contributed by atoms with Crippen molar-refractivity contribution in [2.24, 2.45) is 0 Å². The Morgan fingerprint density at radius 1 is 0.333 bits per heavy atom. The van der Waals surface area contributed by atoms with E-state index in [-0.39, 0.29) is 0 Å². The number of furan rings is 1. The summed E-state index contributed by atoms with van der Waals surface area (Å²) in [6.45, 7) is 0. The minimum absolute atomic E-state index is 0.606. The Kier molecular flexibility index (Phi) is 6.78. The maximum absolute atomic E-state index is 6.86. The molecule has 4 heteroatoms. The molecule has 0 radical (unpaired) electrons. The normalized spacial score (nSPS) is 11.5. The van der Waals surface area contributed by atoms with Crippen molar-refractivity contribution in [2.45, 2.75) is 0 Å². The molecule has 10 aromatic rings. The molecule has 4 nitrogen and oxygen atoms in total. The van der Waals surface area contributed by atoms with Crippen LogP contribution in [0.25, 0.3) is 99.9 Å². The molecule has 10 rings (SSSR count). The topological polar surface area (TPSA) is 51.8 Å². The van der Waals surface area contributed by atoms with Crippen LogP contribution in [-0.4, -0.2) is 15.0 Å². The van der Waals surface area contributed by atoms with Crippen molar-refractivity contribution in [3.8, 4) is 56.4 Å². The lowest BCUT2D eigenvalue weighted by Gasteiger charge is -2.13. The third-order valence-electron chi connectivity index (χ3n) is 9.66. The van der Waals surface area contributed by atoms with Crippen LogP contribution < -0.4 is 0 Å². The number of aromatic nitrogens is 3. The summed E-state index contributed by atoms with van der Waals surface area (Å²) >= 11 is 0. The average molecular weight is 652 g/mol. The number of rotatable bonds is 5. The Morgan fingerprint density at radius 3 is 1.47 bits per heavy atom. The first-order chi connectivity index (χ1) is 25.3. The fourth-order valence-corrected chi connectivity index (χ4v) is 7.25. The molecule has 0 atom stereocenters. The molecular formula is C47H29N3O. The molecule has 0 amide bonds. The molecule has 238 valence electrons. The van der Waals surface area contributed by atoms with Crippen LogP contribution in [0.15, 0.2) is 180 Å². The zero-order chi connectivity index (χ0) is 33.7. The van der Waals surface area contributed by atoms with Crippen LogP contribution in [0.1, 0.15) is 0 Å². The number of fused-ring (bicyclic) bond motifs is 7. The van der Waals surface area contributed by atoms with E-state index in [9.17, 15) is 0 Å². The molecule has 0 fully saturated rings. The van der Waals surface area contributed by atoms with E-state index in [0.717, 1.165) is 66.3 Å². The molecule has 0 aliphatic rings. The van der Waals surface area contributed by atoms with Gasteiger partial charge in [0.2, 0.25) is 0 Å². The van der Waals surface area contributed by atoms with E-state index < -0.39 is 0 Å². The van der Waals surface area contributed by atoms with Crippen LogP contribution >= 0.6 is 0 Å². The molecule has 0 saturated carbocycles. The van der Waals surface area contributed by atoms with Crippen LogP contribution in [0.2, 0.25) is 0 Å². The van der Waals surface area contributed by atoms with Crippen molar-refractivity contribution in [1.82, 2.24) is 15.0 Å². The van der Waals surface area contributed by atoms with E-state index in [4.69, 9.17) is 19.4 Å². The predicted molar refractivity (Wildman–Crippen MR) is 209 cm³/mol. The van der Waals surface area contributed by atoms with Gasteiger partial charge in [-0.3, -0.25) is 0 Å². The maximum Gasteiger partial charge on any atom is 0.164 e. The summed E-state index contributed by atoms with van der Waals surface area (Å²) in [5, 5.41) is 6.96. The van der Waals surface area contributed by atoms with E-state index in [2.05, 4.69) is 109 Å². The zero-order valence-corrected chi connectivity index (χ0v) is 27.5. The molecule has 0 saturated heterocycles. The summed E-state index contributed by atoms with van der Waals surface area (Å²) in [6.07, 6.45) is 0. The summed E-state index contributed by atoms with van der Waals surface area (Å²) in [5.74, 6) is 1.86. The quantitative estimate of drug-likeness (QED) is 0.186. The standard InChI is InChI=1S/C47H29N3O/c1-4-14-30(15-5-1)35-26-36(28-37(27-35)47-49-45(32-17-6-2-7-18-32)48-46(50-47)33-19-8-3-9-20-33)40-29-34-21-11-13-23-39(34)43-42-38-22-12-10-16-31(38)24-25-41(42)51-44(40)43/h1-29H. The third-order valence-corrected chi connectivity index (χ3v) is 9.66. The summed E-state index contributed by atoms with van der Waals surface area (Å²) in [4.78, 5) is 15.2. The van der Waals surface area contributed by atoms with Crippen LogP contribution in [0.4, 0.5) is 0 Å². The summed E-state index contributed by atoms with van der Waals surface area (Å²) in [7, 11) is 0.